The van der Waals surface area contributed by atoms with Crippen LogP contribution >= 0.6 is 0 Å². The molecule has 3 heterocycles. The first-order valence-electron chi connectivity index (χ1n) is 9.68. The molecule has 2 N–H and O–H groups in total. The van der Waals surface area contributed by atoms with E-state index in [9.17, 15) is 26.7 Å². The number of alkyl halides is 4. The summed E-state index contributed by atoms with van der Waals surface area (Å²) in [6.07, 6.45) is -4.33. The van der Waals surface area contributed by atoms with Gasteiger partial charge < -0.3 is 14.9 Å². The van der Waals surface area contributed by atoms with Crippen molar-refractivity contribution >= 4 is 22.5 Å². The van der Waals surface area contributed by atoms with E-state index in [-0.39, 0.29) is 30.0 Å². The molecule has 0 spiro atoms. The van der Waals surface area contributed by atoms with E-state index < -0.39 is 35.1 Å². The molecular formula is C22H15F5N4O. The lowest BCUT2D eigenvalue weighted by Crippen LogP contribution is -2.48. The van der Waals surface area contributed by atoms with E-state index in [1.165, 1.54) is 30.5 Å². The largest absolute Gasteiger partial charge is 0.417 e. The minimum Gasteiger partial charge on any atom is -0.365 e. The van der Waals surface area contributed by atoms with Crippen LogP contribution in [0, 0.1) is 5.82 Å². The minimum absolute atomic E-state index is 0.00730. The van der Waals surface area contributed by atoms with E-state index >= 15 is 0 Å². The van der Waals surface area contributed by atoms with Crippen molar-refractivity contribution in [1.29, 1.82) is 0 Å². The zero-order valence-corrected chi connectivity index (χ0v) is 16.3. The summed E-state index contributed by atoms with van der Waals surface area (Å²) in [6, 6.07) is 8.82. The first-order chi connectivity index (χ1) is 15.2. The molecular weight excluding hydrogens is 431 g/mol. The zero-order chi connectivity index (χ0) is 22.6. The van der Waals surface area contributed by atoms with Gasteiger partial charge in [0.05, 0.1) is 29.9 Å². The highest BCUT2D eigenvalue weighted by Gasteiger charge is 2.35. The van der Waals surface area contributed by atoms with Gasteiger partial charge in [0.15, 0.2) is 17.4 Å². The van der Waals surface area contributed by atoms with Gasteiger partial charge in [-0.25, -0.2) is 13.8 Å². The molecule has 2 aromatic heterocycles. The summed E-state index contributed by atoms with van der Waals surface area (Å²) in [5.41, 5.74) is -0.215. The molecule has 10 heteroatoms. The number of nitrogens with zero attached hydrogens (tertiary/aromatic N) is 2. The Bertz CT molecular complexity index is 1330. The molecule has 2 aromatic carbocycles. The molecule has 0 radical (unpaired) electrons. The summed E-state index contributed by atoms with van der Waals surface area (Å²) >= 11 is 0. The number of aromatic nitrogens is 3. The van der Waals surface area contributed by atoms with Crippen molar-refractivity contribution in [3.63, 3.8) is 0 Å². The van der Waals surface area contributed by atoms with Gasteiger partial charge in [-0.2, -0.15) is 13.2 Å². The molecule has 1 aliphatic heterocycles. The van der Waals surface area contributed by atoms with Gasteiger partial charge in [-0.1, -0.05) is 18.2 Å². The Hall–Kier alpha value is -3.69. The highest BCUT2D eigenvalue weighted by atomic mass is 19.4. The topological polar surface area (TPSA) is 64.8 Å². The Morgan fingerprint density at radius 1 is 1.12 bits per heavy atom. The monoisotopic (exact) mass is 446 g/mol. The van der Waals surface area contributed by atoms with Crippen LogP contribution in [0.25, 0.3) is 22.6 Å². The van der Waals surface area contributed by atoms with Gasteiger partial charge in [0.2, 0.25) is 0 Å². The number of anilines is 1. The van der Waals surface area contributed by atoms with Gasteiger partial charge in [-0.15, -0.1) is 0 Å². The summed E-state index contributed by atoms with van der Waals surface area (Å²) in [4.78, 5) is 24.4. The second-order valence-electron chi connectivity index (χ2n) is 7.59. The van der Waals surface area contributed by atoms with Crippen molar-refractivity contribution < 1.29 is 26.7 Å². The molecule has 1 saturated heterocycles. The predicted molar refractivity (Wildman–Crippen MR) is 108 cm³/mol. The van der Waals surface area contributed by atoms with Gasteiger partial charge in [0.25, 0.3) is 0 Å². The van der Waals surface area contributed by atoms with Crippen molar-refractivity contribution in [2.45, 2.75) is 12.3 Å². The molecule has 1 aliphatic rings. The molecule has 4 aromatic rings. The summed E-state index contributed by atoms with van der Waals surface area (Å²) in [7, 11) is 0. The molecule has 0 unspecified atom stereocenters. The van der Waals surface area contributed by atoms with Crippen LogP contribution in [0.5, 0.6) is 0 Å². The molecule has 0 atom stereocenters. The molecule has 0 saturated carbocycles. The van der Waals surface area contributed by atoms with E-state index in [4.69, 9.17) is 0 Å². The Balaban J connectivity index is 1.47. The Morgan fingerprint density at radius 3 is 2.59 bits per heavy atom. The molecule has 5 nitrogen and oxygen atoms in total. The maximum Gasteiger partial charge on any atom is 0.417 e. The Labute approximate surface area is 177 Å². The summed E-state index contributed by atoms with van der Waals surface area (Å²) < 4.78 is 67.4. The number of hydrogen-bond donors (Lipinski definition) is 2. The number of halogens is 5. The average molecular weight is 446 g/mol. The number of H-pyrrole nitrogens is 2. The van der Waals surface area contributed by atoms with E-state index in [0.717, 1.165) is 12.1 Å². The van der Waals surface area contributed by atoms with Crippen LogP contribution in [0.2, 0.25) is 0 Å². The average Bonchev–Trinajstić information content (AvgIpc) is 3.37. The first kappa shape index (κ1) is 20.2. The van der Waals surface area contributed by atoms with E-state index in [2.05, 4.69) is 15.0 Å². The number of aromatic amines is 2. The van der Waals surface area contributed by atoms with Gasteiger partial charge in [-0.3, -0.25) is 4.79 Å². The Morgan fingerprint density at radius 2 is 1.88 bits per heavy atom. The van der Waals surface area contributed by atoms with Gasteiger partial charge in [0, 0.05) is 23.0 Å². The zero-order valence-electron chi connectivity index (χ0n) is 16.3. The number of ketones is 1. The number of fused-ring (bicyclic) bond motifs is 1. The Kier molecular flexibility index (Phi) is 4.54. The van der Waals surface area contributed by atoms with Crippen LogP contribution in [0.4, 0.5) is 27.6 Å². The standard InChI is InChI=1S/C22H15F5N4O/c23-12-9-31(10-12)13-6-16(24)19-17(7-13)29-21(30-19)18-5-11(8-28-18)20(32)14-3-1-2-4-15(14)22(25,26)27/h1-8,12,28H,9-10H2,(H,29,30). The van der Waals surface area contributed by atoms with Crippen LogP contribution in [-0.2, 0) is 6.18 Å². The fraction of sp³-hybridized carbons (Fsp3) is 0.182. The molecule has 0 aliphatic carbocycles. The highest BCUT2D eigenvalue weighted by Crippen LogP contribution is 2.34. The normalized spacial score (nSPS) is 14.7. The van der Waals surface area contributed by atoms with Crippen LogP contribution in [0.1, 0.15) is 21.5 Å². The highest BCUT2D eigenvalue weighted by molar-refractivity contribution is 6.10. The molecule has 32 heavy (non-hydrogen) atoms. The summed E-state index contributed by atoms with van der Waals surface area (Å²) in [5.74, 6) is -1.18. The molecule has 1 fully saturated rings. The van der Waals surface area contributed by atoms with Crippen LogP contribution in [-0.4, -0.2) is 40.0 Å². The lowest BCUT2D eigenvalue weighted by atomic mass is 9.99. The smallest absolute Gasteiger partial charge is 0.365 e. The van der Waals surface area contributed by atoms with Crippen molar-refractivity contribution in [3.8, 4) is 11.5 Å². The maximum absolute atomic E-state index is 14.5. The second-order valence-corrected chi connectivity index (χ2v) is 7.59. The van der Waals surface area contributed by atoms with E-state index in [1.54, 1.807) is 11.0 Å². The second kappa shape index (κ2) is 7.18. The molecule has 0 bridgehead atoms. The number of nitrogens with one attached hydrogen (secondary N) is 2. The number of imidazole rings is 1. The van der Waals surface area contributed by atoms with Crippen molar-refractivity contribution in [2.75, 3.05) is 18.0 Å². The van der Waals surface area contributed by atoms with Gasteiger partial charge in [-0.05, 0) is 24.3 Å². The van der Waals surface area contributed by atoms with Crippen molar-refractivity contribution in [1.82, 2.24) is 15.0 Å². The van der Waals surface area contributed by atoms with E-state index in [1.807, 2.05) is 0 Å². The van der Waals surface area contributed by atoms with E-state index in [0.29, 0.717) is 16.9 Å². The third-order valence-corrected chi connectivity index (χ3v) is 5.40. The summed E-state index contributed by atoms with van der Waals surface area (Å²) in [5, 5.41) is 0. The predicted octanol–water partition coefficient (Wildman–Crippen LogP) is 5.11. The molecule has 0 amide bonds. The fourth-order valence-electron chi connectivity index (χ4n) is 3.75. The fourth-order valence-corrected chi connectivity index (χ4v) is 3.75. The first-order valence-corrected chi connectivity index (χ1v) is 9.68. The SMILES string of the molecule is O=C(c1c[nH]c(-c2nc3c(F)cc(N4CC(F)C4)cc3[nH]2)c1)c1ccccc1C(F)(F)F. The maximum atomic E-state index is 14.5. The van der Waals surface area contributed by atoms with Crippen molar-refractivity contribution in [2.24, 2.45) is 0 Å². The number of carbonyl (C=O) groups excluding carboxylic acids is 1. The lowest BCUT2D eigenvalue weighted by Gasteiger charge is -2.36. The van der Waals surface area contributed by atoms with Gasteiger partial charge in [0.1, 0.15) is 11.7 Å². The third kappa shape index (κ3) is 3.41. The lowest BCUT2D eigenvalue weighted by molar-refractivity contribution is -0.137. The number of hydrogen-bond acceptors (Lipinski definition) is 3. The molecule has 164 valence electrons. The quantitative estimate of drug-likeness (QED) is 0.339. The molecule has 5 rings (SSSR count). The van der Waals surface area contributed by atoms with Crippen LogP contribution in [0.3, 0.4) is 0 Å². The van der Waals surface area contributed by atoms with Crippen LogP contribution in [0.15, 0.2) is 48.7 Å². The third-order valence-electron chi connectivity index (χ3n) is 5.40. The van der Waals surface area contributed by atoms with Crippen molar-refractivity contribution in [3.05, 3.63) is 71.2 Å². The minimum atomic E-state index is -4.67. The summed E-state index contributed by atoms with van der Waals surface area (Å²) in [6.45, 7) is 0.376. The number of carbonyl (C=O) groups is 1. The van der Waals surface area contributed by atoms with Crippen LogP contribution < -0.4 is 4.90 Å². The number of benzene rings is 2. The number of rotatable bonds is 4. The van der Waals surface area contributed by atoms with Gasteiger partial charge >= 0.3 is 6.18 Å².